The lowest BCUT2D eigenvalue weighted by atomic mass is 10.1. The van der Waals surface area contributed by atoms with Crippen molar-refractivity contribution in [3.05, 3.63) is 52.8 Å². The van der Waals surface area contributed by atoms with Gasteiger partial charge in [0.15, 0.2) is 0 Å². The largest absolute Gasteiger partial charge is 0.398 e. The van der Waals surface area contributed by atoms with Crippen LogP contribution in [-0.4, -0.2) is 17.4 Å². The molecule has 0 aliphatic heterocycles. The molecular formula is C14H14BrN3O. The molecule has 0 unspecified atom stereocenters. The van der Waals surface area contributed by atoms with Crippen molar-refractivity contribution in [1.82, 2.24) is 4.98 Å². The van der Waals surface area contributed by atoms with Crippen LogP contribution in [-0.2, 0) is 0 Å². The number of benzene rings is 1. The van der Waals surface area contributed by atoms with E-state index in [1.165, 1.54) is 0 Å². The smallest absolute Gasteiger partial charge is 0.258 e. The van der Waals surface area contributed by atoms with Gasteiger partial charge in [-0.2, -0.15) is 0 Å². The van der Waals surface area contributed by atoms with E-state index < -0.39 is 0 Å². The third-order valence-electron chi connectivity index (χ3n) is 2.78. The summed E-state index contributed by atoms with van der Waals surface area (Å²) in [4.78, 5) is 18.1. The number of carbonyl (C=O) groups excluding carboxylic acids is 1. The summed E-state index contributed by atoms with van der Waals surface area (Å²) in [6.07, 6.45) is 3.34. The van der Waals surface area contributed by atoms with Crippen LogP contribution in [0.2, 0.25) is 0 Å². The van der Waals surface area contributed by atoms with Crippen LogP contribution in [0, 0.1) is 0 Å². The second-order valence-electron chi connectivity index (χ2n) is 3.99. The number of halogens is 1. The van der Waals surface area contributed by atoms with Gasteiger partial charge in [-0.15, -0.1) is 0 Å². The molecule has 0 saturated carbocycles. The van der Waals surface area contributed by atoms with Gasteiger partial charge in [0.05, 0.1) is 0 Å². The van der Waals surface area contributed by atoms with Gasteiger partial charge in [0.25, 0.3) is 5.91 Å². The first-order valence-corrected chi connectivity index (χ1v) is 6.69. The number of nitrogens with zero attached hydrogens (tertiary/aromatic N) is 2. The highest BCUT2D eigenvalue weighted by molar-refractivity contribution is 9.10. The summed E-state index contributed by atoms with van der Waals surface area (Å²) in [5.74, 6) is -0.0607. The highest BCUT2D eigenvalue weighted by Gasteiger charge is 2.16. The molecule has 0 spiro atoms. The number of anilines is 2. The number of nitrogen functional groups attached to an aromatic ring is 1. The summed E-state index contributed by atoms with van der Waals surface area (Å²) < 4.78 is 0.726. The van der Waals surface area contributed by atoms with Crippen molar-refractivity contribution >= 4 is 33.2 Å². The van der Waals surface area contributed by atoms with Gasteiger partial charge in [-0.1, -0.05) is 0 Å². The Balaban J connectivity index is 2.33. The molecule has 0 bridgehead atoms. The molecule has 5 heteroatoms. The quantitative estimate of drug-likeness (QED) is 0.884. The number of hydrogen-bond acceptors (Lipinski definition) is 3. The third-order valence-corrected chi connectivity index (χ3v) is 3.47. The number of rotatable bonds is 3. The normalized spacial score (nSPS) is 10.2. The molecular weight excluding hydrogens is 306 g/mol. The topological polar surface area (TPSA) is 59.2 Å². The van der Waals surface area contributed by atoms with Crippen LogP contribution in [0.1, 0.15) is 17.3 Å². The van der Waals surface area contributed by atoms with Crippen molar-refractivity contribution in [3.8, 4) is 0 Å². The van der Waals surface area contributed by atoms with Crippen molar-refractivity contribution in [2.24, 2.45) is 0 Å². The van der Waals surface area contributed by atoms with Crippen LogP contribution in [0.25, 0.3) is 0 Å². The van der Waals surface area contributed by atoms with E-state index in [1.54, 1.807) is 35.5 Å². The molecule has 0 aliphatic carbocycles. The van der Waals surface area contributed by atoms with Crippen molar-refractivity contribution in [1.29, 1.82) is 0 Å². The van der Waals surface area contributed by atoms with E-state index in [0.717, 1.165) is 10.2 Å². The van der Waals surface area contributed by atoms with Gasteiger partial charge in [-0.25, -0.2) is 0 Å². The standard InChI is InChI=1S/C14H14BrN3O/c1-2-18(11-5-7-17-8-6-11)14(19)10-3-4-13(16)12(15)9-10/h3-9H,2,16H2,1H3. The van der Waals surface area contributed by atoms with Gasteiger partial charge in [0.1, 0.15) is 0 Å². The van der Waals surface area contributed by atoms with Gasteiger partial charge >= 0.3 is 0 Å². The molecule has 1 amide bonds. The molecule has 0 radical (unpaired) electrons. The fraction of sp³-hybridized carbons (Fsp3) is 0.143. The summed E-state index contributed by atoms with van der Waals surface area (Å²) in [6.45, 7) is 2.52. The molecule has 1 heterocycles. The minimum atomic E-state index is -0.0607. The Morgan fingerprint density at radius 3 is 2.58 bits per heavy atom. The van der Waals surface area contributed by atoms with Crippen molar-refractivity contribution in [2.75, 3.05) is 17.2 Å². The number of carbonyl (C=O) groups is 1. The number of nitrogens with two attached hydrogens (primary N) is 1. The van der Waals surface area contributed by atoms with Crippen molar-refractivity contribution < 1.29 is 4.79 Å². The SMILES string of the molecule is CCN(C(=O)c1ccc(N)c(Br)c1)c1ccncc1. The zero-order valence-electron chi connectivity index (χ0n) is 10.5. The second kappa shape index (κ2) is 5.84. The first-order chi connectivity index (χ1) is 9.13. The maximum absolute atomic E-state index is 12.5. The van der Waals surface area contributed by atoms with Crippen LogP contribution in [0.3, 0.4) is 0 Å². The van der Waals surface area contributed by atoms with Gasteiger partial charge < -0.3 is 10.6 Å². The monoisotopic (exact) mass is 319 g/mol. The van der Waals surface area contributed by atoms with Crippen LogP contribution in [0.15, 0.2) is 47.2 Å². The molecule has 19 heavy (non-hydrogen) atoms. The van der Waals surface area contributed by atoms with E-state index in [-0.39, 0.29) is 5.91 Å². The van der Waals surface area contributed by atoms with E-state index in [1.807, 2.05) is 19.1 Å². The Labute approximate surface area is 120 Å². The predicted octanol–water partition coefficient (Wildman–Crippen LogP) is 3.09. The Bertz CT molecular complexity index is 586. The lowest BCUT2D eigenvalue weighted by molar-refractivity contribution is 0.0988. The maximum atomic E-state index is 12.5. The Morgan fingerprint density at radius 1 is 1.32 bits per heavy atom. The summed E-state index contributed by atoms with van der Waals surface area (Å²) in [7, 11) is 0. The summed E-state index contributed by atoms with van der Waals surface area (Å²) in [6, 6.07) is 8.81. The molecule has 0 atom stereocenters. The van der Waals surface area contributed by atoms with Crippen molar-refractivity contribution in [2.45, 2.75) is 6.92 Å². The van der Waals surface area contributed by atoms with Gasteiger partial charge in [0, 0.05) is 40.3 Å². The zero-order chi connectivity index (χ0) is 13.8. The van der Waals surface area contributed by atoms with E-state index in [4.69, 9.17) is 5.73 Å². The summed E-state index contributed by atoms with van der Waals surface area (Å²) >= 11 is 3.34. The molecule has 2 N–H and O–H groups in total. The molecule has 0 saturated heterocycles. The molecule has 1 aromatic heterocycles. The van der Waals surface area contributed by atoms with Crippen molar-refractivity contribution in [3.63, 3.8) is 0 Å². The van der Waals surface area contributed by atoms with E-state index in [0.29, 0.717) is 17.8 Å². The van der Waals surface area contributed by atoms with E-state index in [9.17, 15) is 4.79 Å². The molecule has 98 valence electrons. The Morgan fingerprint density at radius 2 is 2.00 bits per heavy atom. The average molecular weight is 320 g/mol. The molecule has 0 aliphatic rings. The van der Waals surface area contributed by atoms with Gasteiger partial charge in [-0.3, -0.25) is 9.78 Å². The Kier molecular flexibility index (Phi) is 4.16. The number of amides is 1. The summed E-state index contributed by atoms with van der Waals surface area (Å²) in [5, 5.41) is 0. The number of aromatic nitrogens is 1. The number of pyridine rings is 1. The first-order valence-electron chi connectivity index (χ1n) is 5.90. The van der Waals surface area contributed by atoms with Crippen LogP contribution < -0.4 is 10.6 Å². The lowest BCUT2D eigenvalue weighted by Gasteiger charge is -2.21. The highest BCUT2D eigenvalue weighted by Crippen LogP contribution is 2.23. The minimum absolute atomic E-state index is 0.0607. The molecule has 1 aromatic carbocycles. The summed E-state index contributed by atoms with van der Waals surface area (Å²) in [5.41, 5.74) is 7.77. The van der Waals surface area contributed by atoms with Crippen LogP contribution in [0.5, 0.6) is 0 Å². The number of hydrogen-bond donors (Lipinski definition) is 1. The minimum Gasteiger partial charge on any atom is -0.398 e. The van der Waals surface area contributed by atoms with Gasteiger partial charge in [0.2, 0.25) is 0 Å². The molecule has 4 nitrogen and oxygen atoms in total. The third kappa shape index (κ3) is 2.93. The molecule has 0 fully saturated rings. The van der Waals surface area contributed by atoms with Crippen LogP contribution >= 0.6 is 15.9 Å². The fourth-order valence-corrected chi connectivity index (χ4v) is 2.16. The fourth-order valence-electron chi connectivity index (χ4n) is 1.78. The maximum Gasteiger partial charge on any atom is 0.258 e. The highest BCUT2D eigenvalue weighted by atomic mass is 79.9. The predicted molar refractivity (Wildman–Crippen MR) is 80.1 cm³/mol. The molecule has 2 rings (SSSR count). The van der Waals surface area contributed by atoms with E-state index in [2.05, 4.69) is 20.9 Å². The lowest BCUT2D eigenvalue weighted by Crippen LogP contribution is -2.30. The second-order valence-corrected chi connectivity index (χ2v) is 4.85. The van der Waals surface area contributed by atoms with E-state index >= 15 is 0 Å². The zero-order valence-corrected chi connectivity index (χ0v) is 12.1. The van der Waals surface area contributed by atoms with Crippen LogP contribution in [0.4, 0.5) is 11.4 Å². The first kappa shape index (κ1) is 13.5. The average Bonchev–Trinajstić information content (AvgIpc) is 2.44. The Hall–Kier alpha value is -1.88. The molecule has 2 aromatic rings. The van der Waals surface area contributed by atoms with Gasteiger partial charge in [-0.05, 0) is 53.2 Å².